The number of halogens is 3. The van der Waals surface area contributed by atoms with Gasteiger partial charge in [0, 0.05) is 37.6 Å². The molecule has 4 fully saturated rings. The molecule has 5 aliphatic heterocycles. The lowest BCUT2D eigenvalue weighted by molar-refractivity contribution is 0.00537. The number of carbonyl (C=O) groups excluding carboxylic acids is 1. The van der Waals surface area contributed by atoms with Gasteiger partial charge in [0.25, 0.3) is 0 Å². The molecule has 7 heterocycles. The van der Waals surface area contributed by atoms with Gasteiger partial charge in [-0.05, 0) is 93.2 Å². The molecule has 0 saturated carbocycles. The van der Waals surface area contributed by atoms with E-state index in [0.717, 1.165) is 25.8 Å². The number of alkyl halides is 1. The van der Waals surface area contributed by atoms with Crippen LogP contribution < -0.4 is 19.1 Å². The van der Waals surface area contributed by atoms with Crippen LogP contribution in [0.2, 0.25) is 16.6 Å². The zero-order valence-electron chi connectivity index (χ0n) is 39.9. The Balaban J connectivity index is 1.25. The Morgan fingerprint density at radius 1 is 0.985 bits per heavy atom. The van der Waals surface area contributed by atoms with Crippen LogP contribution >= 0.6 is 0 Å². The molecule has 0 spiro atoms. The maximum atomic E-state index is 18.1. The van der Waals surface area contributed by atoms with Crippen molar-refractivity contribution in [1.29, 1.82) is 0 Å². The zero-order valence-corrected chi connectivity index (χ0v) is 40.9. The average Bonchev–Trinajstić information content (AvgIpc) is 3.86. The van der Waals surface area contributed by atoms with E-state index in [-0.39, 0.29) is 88.3 Å². The van der Waals surface area contributed by atoms with Crippen molar-refractivity contribution in [3.05, 3.63) is 41.5 Å². The lowest BCUT2D eigenvalue weighted by Gasteiger charge is -2.46. The van der Waals surface area contributed by atoms with Crippen molar-refractivity contribution in [2.75, 3.05) is 51.7 Å². The number of carbonyl (C=O) groups is 1. The van der Waals surface area contributed by atoms with Crippen LogP contribution in [0.1, 0.15) is 100.0 Å². The summed E-state index contributed by atoms with van der Waals surface area (Å²) in [5, 5.41) is 1.19. The summed E-state index contributed by atoms with van der Waals surface area (Å²) in [6.07, 6.45) is 2.07. The summed E-state index contributed by atoms with van der Waals surface area (Å²) in [7, 11) is -0.860. The summed E-state index contributed by atoms with van der Waals surface area (Å²) in [6, 6.07) is 5.41. The molecule has 0 aliphatic carbocycles. The quantitative estimate of drug-likeness (QED) is 0.0861. The number of nitrogens with zero attached hydrogens (tertiary/aromatic N) is 6. The summed E-state index contributed by atoms with van der Waals surface area (Å²) in [4.78, 5) is 34.6. The third-order valence-corrected chi connectivity index (χ3v) is 21.2. The molecule has 12 nitrogen and oxygen atoms in total. The van der Waals surface area contributed by atoms with Crippen molar-refractivity contribution in [3.63, 3.8) is 0 Å². The van der Waals surface area contributed by atoms with Crippen LogP contribution in [0.15, 0.2) is 24.3 Å². The first-order valence-corrected chi connectivity index (χ1v) is 25.8. The number of ether oxygens (including phenoxy) is 5. The number of hydrogen-bond donors (Lipinski definition) is 0. The van der Waals surface area contributed by atoms with Gasteiger partial charge in [0.1, 0.15) is 67.0 Å². The molecule has 66 heavy (non-hydrogen) atoms. The minimum Gasteiger partial charge on any atom is -0.475 e. The molecule has 9 rings (SSSR count). The fourth-order valence-electron chi connectivity index (χ4n) is 12.1. The van der Waals surface area contributed by atoms with E-state index in [1.807, 2.05) is 25.7 Å². The highest BCUT2D eigenvalue weighted by molar-refractivity contribution is 6.90. The monoisotopic (exact) mass is 928 g/mol. The fraction of sp³-hybridized carbons (Fsp3) is 0.600. The second-order valence-corrected chi connectivity index (χ2v) is 26.5. The molecule has 16 heteroatoms. The SMILES string of the molecule is COCOc1cc(-c2nc3c4c(nc(OC[C@]56CCCN5C[C@@H](F)C6)nc4c2F)N2C[C@@H]4CC[C@H]([C@H]2CO3)N4C(=O)OC(C)(C)C)c2c(C#C[Si](C(C)C)(C(C)C)C(C)C)c(F)ccc2c1. The third kappa shape index (κ3) is 7.90. The molecule has 0 N–H and O–H groups in total. The maximum Gasteiger partial charge on any atom is 0.410 e. The van der Waals surface area contributed by atoms with Crippen molar-refractivity contribution in [2.45, 2.75) is 146 Å². The minimum absolute atomic E-state index is 0.0670. The zero-order chi connectivity index (χ0) is 47.0. The van der Waals surface area contributed by atoms with Gasteiger partial charge in [0.15, 0.2) is 12.6 Å². The lowest BCUT2D eigenvalue weighted by Crippen LogP contribution is -2.63. The predicted molar refractivity (Wildman–Crippen MR) is 251 cm³/mol. The lowest BCUT2D eigenvalue weighted by atomic mass is 9.95. The molecule has 2 aromatic carbocycles. The second-order valence-electron chi connectivity index (χ2n) is 20.9. The molecule has 2 aromatic heterocycles. The van der Waals surface area contributed by atoms with E-state index in [0.29, 0.717) is 48.3 Å². The van der Waals surface area contributed by atoms with E-state index < -0.39 is 49.2 Å². The van der Waals surface area contributed by atoms with Crippen LogP contribution in [0.25, 0.3) is 32.9 Å². The Kier molecular flexibility index (Phi) is 12.2. The fourth-order valence-corrected chi connectivity index (χ4v) is 17.3. The molecule has 0 radical (unpaired) electrons. The van der Waals surface area contributed by atoms with Crippen LogP contribution in [-0.2, 0) is 9.47 Å². The molecular weight excluding hydrogens is 866 g/mol. The molecule has 2 bridgehead atoms. The highest BCUT2D eigenvalue weighted by atomic mass is 28.3. The van der Waals surface area contributed by atoms with Gasteiger partial charge in [-0.15, -0.1) is 5.54 Å². The van der Waals surface area contributed by atoms with Gasteiger partial charge in [-0.3, -0.25) is 9.80 Å². The van der Waals surface area contributed by atoms with Crippen molar-refractivity contribution in [3.8, 4) is 40.4 Å². The Labute approximate surface area is 386 Å². The van der Waals surface area contributed by atoms with Gasteiger partial charge in [0.2, 0.25) is 5.88 Å². The van der Waals surface area contributed by atoms with Crippen molar-refractivity contribution < 1.29 is 41.7 Å². The number of fused-ring (bicyclic) bond motifs is 7. The van der Waals surface area contributed by atoms with Crippen LogP contribution in [0.3, 0.4) is 0 Å². The van der Waals surface area contributed by atoms with Crippen LogP contribution in [-0.4, -0.2) is 121 Å². The van der Waals surface area contributed by atoms with Crippen LogP contribution in [0.5, 0.6) is 17.6 Å². The first kappa shape index (κ1) is 46.3. The number of piperazine rings is 1. The van der Waals surface area contributed by atoms with Crippen LogP contribution in [0.4, 0.5) is 23.8 Å². The molecule has 4 aromatic rings. The van der Waals surface area contributed by atoms with Gasteiger partial charge >= 0.3 is 12.1 Å². The summed E-state index contributed by atoms with van der Waals surface area (Å²) in [5.41, 5.74) is 3.43. The first-order valence-electron chi connectivity index (χ1n) is 23.6. The average molecular weight is 929 g/mol. The Morgan fingerprint density at radius 2 is 1.74 bits per heavy atom. The van der Waals surface area contributed by atoms with E-state index in [1.165, 1.54) is 13.2 Å². The van der Waals surface area contributed by atoms with E-state index in [2.05, 4.69) is 62.8 Å². The summed E-state index contributed by atoms with van der Waals surface area (Å²) >= 11 is 0. The normalized spacial score (nSPS) is 23.9. The van der Waals surface area contributed by atoms with Gasteiger partial charge in [-0.2, -0.15) is 9.97 Å². The highest BCUT2D eigenvalue weighted by Crippen LogP contribution is 2.48. The molecule has 5 aliphatic rings. The highest BCUT2D eigenvalue weighted by Gasteiger charge is 2.53. The molecule has 354 valence electrons. The Morgan fingerprint density at radius 3 is 2.45 bits per heavy atom. The van der Waals surface area contributed by atoms with Gasteiger partial charge in [-0.25, -0.2) is 22.9 Å². The standard InChI is InChI=1S/C50H63F3N6O6Si/c1-28(2)66(29(3)4,30(5)6)19-16-35-37(52)14-12-31-20-34(64-27-61-10)21-36(40(31)35)43-42(53)44-41-45(56-47(55-44)63-26-50-17-11-18-57(50)23-32(51)22-50)58-24-33-13-15-38(39(58)25-62-46(41)54-43)59(33)48(60)65-49(7,8)9/h12,14,20-21,28-30,32-33,38-39H,11,13,15,17-18,22-27H2,1-10H3/t32-,33-,38+,39+,50+/m0/s1. The molecule has 0 unspecified atom stereocenters. The van der Waals surface area contributed by atoms with Crippen molar-refractivity contribution in [1.82, 2.24) is 24.8 Å². The predicted octanol–water partition coefficient (Wildman–Crippen LogP) is 9.98. The van der Waals surface area contributed by atoms with Gasteiger partial charge in [0.05, 0.1) is 29.2 Å². The number of pyridine rings is 1. The first-order chi connectivity index (χ1) is 31.4. The van der Waals surface area contributed by atoms with E-state index in [4.69, 9.17) is 38.6 Å². The van der Waals surface area contributed by atoms with Crippen LogP contribution in [0, 0.1) is 23.1 Å². The Hall–Kier alpha value is -4.85. The Bertz CT molecular complexity index is 2590. The molecule has 4 saturated heterocycles. The number of anilines is 1. The summed E-state index contributed by atoms with van der Waals surface area (Å²) < 4.78 is 79.9. The van der Waals surface area contributed by atoms with Crippen molar-refractivity contribution in [2.24, 2.45) is 0 Å². The van der Waals surface area contributed by atoms with Gasteiger partial charge in [-0.1, -0.05) is 53.5 Å². The number of amides is 1. The summed E-state index contributed by atoms with van der Waals surface area (Å²) in [6.45, 7) is 20.3. The minimum atomic E-state index is -2.36. The van der Waals surface area contributed by atoms with E-state index >= 15 is 8.78 Å². The number of methoxy groups -OCH3 is 1. The number of hydrogen-bond acceptors (Lipinski definition) is 11. The number of benzene rings is 2. The smallest absolute Gasteiger partial charge is 0.410 e. The number of aromatic nitrogens is 3. The van der Waals surface area contributed by atoms with Crippen molar-refractivity contribution >= 4 is 41.7 Å². The third-order valence-electron chi connectivity index (χ3n) is 14.9. The molecular formula is C50H63F3N6O6Si. The topological polar surface area (TPSA) is 112 Å². The van der Waals surface area contributed by atoms with Gasteiger partial charge < -0.3 is 28.6 Å². The maximum absolute atomic E-state index is 18.1. The van der Waals surface area contributed by atoms with E-state index in [9.17, 15) is 9.18 Å². The molecule has 5 atom stereocenters. The number of rotatable bonds is 10. The molecule has 1 amide bonds. The largest absolute Gasteiger partial charge is 0.475 e. The summed E-state index contributed by atoms with van der Waals surface area (Å²) in [5.74, 6) is 2.81. The van der Waals surface area contributed by atoms with E-state index in [1.54, 1.807) is 18.2 Å². The second kappa shape index (κ2) is 17.3.